The lowest BCUT2D eigenvalue weighted by Gasteiger charge is -2.20. The number of hydrogen-bond donors (Lipinski definition) is 1. The molecule has 2 rings (SSSR count). The van der Waals surface area contributed by atoms with E-state index in [1.54, 1.807) is 12.1 Å². The van der Waals surface area contributed by atoms with E-state index in [1.165, 1.54) is 4.90 Å². The monoisotopic (exact) mass is 389 g/mol. The third kappa shape index (κ3) is 2.71. The van der Waals surface area contributed by atoms with Gasteiger partial charge >= 0.3 is 5.97 Å². The maximum atomic E-state index is 11.9. The van der Waals surface area contributed by atoms with E-state index in [2.05, 4.69) is 31.9 Å². The lowest BCUT2D eigenvalue weighted by Crippen LogP contribution is -2.27. The predicted octanol–water partition coefficient (Wildman–Crippen LogP) is 2.46. The van der Waals surface area contributed by atoms with Gasteiger partial charge in [-0.15, -0.1) is 0 Å². The predicted molar refractivity (Wildman–Crippen MR) is 75.3 cm³/mol. The molecule has 100 valence electrons. The average molecular weight is 391 g/mol. The molecule has 0 spiro atoms. The average Bonchev–Trinajstić information content (AvgIpc) is 2.70. The van der Waals surface area contributed by atoms with Gasteiger partial charge in [0.25, 0.3) is 0 Å². The summed E-state index contributed by atoms with van der Waals surface area (Å²) in [4.78, 5) is 35.3. The van der Waals surface area contributed by atoms with Crippen LogP contribution in [-0.4, -0.2) is 29.8 Å². The molecule has 0 aliphatic carbocycles. The Hall–Kier alpha value is -1.21. The number of hydrogen-bond acceptors (Lipinski definition) is 3. The standard InChI is InChI=1S/C12H9Br2NO4/c13-8-1-7(5-16)11(9(14)3-8)15-4-6(12(18)19)2-10(15)17/h1,3,5-6H,2,4H2,(H,18,19). The molecule has 1 atom stereocenters. The molecule has 1 saturated heterocycles. The highest BCUT2D eigenvalue weighted by Crippen LogP contribution is 2.36. The summed E-state index contributed by atoms with van der Waals surface area (Å²) in [5.41, 5.74) is 0.757. The fourth-order valence-electron chi connectivity index (χ4n) is 2.05. The summed E-state index contributed by atoms with van der Waals surface area (Å²) in [5, 5.41) is 8.97. The molecular formula is C12H9Br2NO4. The number of aldehydes is 1. The SMILES string of the molecule is O=Cc1cc(Br)cc(Br)c1N1CC(C(=O)O)CC1=O. The van der Waals surface area contributed by atoms with Gasteiger partial charge in [0.05, 0.1) is 11.6 Å². The number of anilines is 1. The fraction of sp³-hybridized carbons (Fsp3) is 0.250. The number of amides is 1. The van der Waals surface area contributed by atoms with Crippen LogP contribution >= 0.6 is 31.9 Å². The van der Waals surface area contributed by atoms with Gasteiger partial charge in [0.2, 0.25) is 5.91 Å². The van der Waals surface area contributed by atoms with Crippen LogP contribution in [0.1, 0.15) is 16.8 Å². The Labute approximate surface area is 125 Å². The second-order valence-corrected chi connectivity index (χ2v) is 5.96. The van der Waals surface area contributed by atoms with Crippen LogP contribution < -0.4 is 4.90 Å². The summed E-state index contributed by atoms with van der Waals surface area (Å²) >= 11 is 6.56. The highest BCUT2D eigenvalue weighted by atomic mass is 79.9. The van der Waals surface area contributed by atoms with Crippen LogP contribution in [0.25, 0.3) is 0 Å². The molecule has 1 aromatic carbocycles. The highest BCUT2D eigenvalue weighted by molar-refractivity contribution is 9.11. The van der Waals surface area contributed by atoms with E-state index < -0.39 is 11.9 Å². The van der Waals surface area contributed by atoms with Crippen molar-refractivity contribution in [3.8, 4) is 0 Å². The Morgan fingerprint density at radius 3 is 2.63 bits per heavy atom. The van der Waals surface area contributed by atoms with Gasteiger partial charge in [-0.25, -0.2) is 0 Å². The van der Waals surface area contributed by atoms with E-state index in [1.807, 2.05) is 0 Å². The second-order valence-electron chi connectivity index (χ2n) is 4.19. The van der Waals surface area contributed by atoms with Crippen molar-refractivity contribution in [3.05, 3.63) is 26.6 Å². The number of carboxylic acids is 1. The Balaban J connectivity index is 2.45. The Morgan fingerprint density at radius 1 is 1.42 bits per heavy atom. The smallest absolute Gasteiger partial charge is 0.308 e. The topological polar surface area (TPSA) is 74.7 Å². The third-order valence-corrected chi connectivity index (χ3v) is 3.99. The Kier molecular flexibility index (Phi) is 4.05. The number of carboxylic acid groups (broad SMARTS) is 1. The normalized spacial score (nSPS) is 18.7. The molecule has 5 nitrogen and oxygen atoms in total. The Morgan fingerprint density at radius 2 is 2.11 bits per heavy atom. The molecule has 0 bridgehead atoms. The summed E-state index contributed by atoms with van der Waals surface area (Å²) < 4.78 is 1.27. The van der Waals surface area contributed by atoms with Crippen LogP contribution in [0.4, 0.5) is 5.69 Å². The maximum Gasteiger partial charge on any atom is 0.308 e. The number of rotatable bonds is 3. The zero-order valence-electron chi connectivity index (χ0n) is 9.60. The van der Waals surface area contributed by atoms with Crippen molar-refractivity contribution >= 4 is 55.7 Å². The molecule has 7 heteroatoms. The summed E-state index contributed by atoms with van der Waals surface area (Å²) in [6, 6.07) is 3.30. The summed E-state index contributed by atoms with van der Waals surface area (Å²) in [5.74, 6) is -2.03. The largest absolute Gasteiger partial charge is 0.481 e. The first-order valence-corrected chi connectivity index (χ1v) is 7.00. The van der Waals surface area contributed by atoms with Crippen LogP contribution in [-0.2, 0) is 9.59 Å². The Bertz CT molecular complexity index is 573. The first kappa shape index (κ1) is 14.2. The quantitative estimate of drug-likeness (QED) is 0.804. The minimum Gasteiger partial charge on any atom is -0.481 e. The van der Waals surface area contributed by atoms with Crippen molar-refractivity contribution in [1.82, 2.24) is 0 Å². The fourth-order valence-corrected chi connectivity index (χ4v) is 3.52. The van der Waals surface area contributed by atoms with E-state index in [-0.39, 0.29) is 18.9 Å². The van der Waals surface area contributed by atoms with E-state index in [0.717, 1.165) is 0 Å². The lowest BCUT2D eigenvalue weighted by atomic mass is 10.1. The molecule has 0 saturated carbocycles. The van der Waals surface area contributed by atoms with Crippen molar-refractivity contribution in [2.24, 2.45) is 5.92 Å². The first-order chi connectivity index (χ1) is 8.93. The van der Waals surface area contributed by atoms with Crippen molar-refractivity contribution in [3.63, 3.8) is 0 Å². The number of carbonyl (C=O) groups is 3. The van der Waals surface area contributed by atoms with Crippen LogP contribution in [0.2, 0.25) is 0 Å². The van der Waals surface area contributed by atoms with Gasteiger partial charge in [0.1, 0.15) is 0 Å². The van der Waals surface area contributed by atoms with Crippen LogP contribution in [0.5, 0.6) is 0 Å². The zero-order chi connectivity index (χ0) is 14.2. The van der Waals surface area contributed by atoms with E-state index in [0.29, 0.717) is 26.5 Å². The lowest BCUT2D eigenvalue weighted by molar-refractivity contribution is -0.141. The molecule has 1 unspecified atom stereocenters. The minimum atomic E-state index is -1.00. The third-order valence-electron chi connectivity index (χ3n) is 2.93. The van der Waals surface area contributed by atoms with Crippen molar-refractivity contribution in [1.29, 1.82) is 0 Å². The molecular weight excluding hydrogens is 382 g/mol. The molecule has 0 aromatic heterocycles. The number of aliphatic carboxylic acids is 1. The summed E-state index contributed by atoms with van der Waals surface area (Å²) in [7, 11) is 0. The van der Waals surface area contributed by atoms with E-state index in [4.69, 9.17) is 5.11 Å². The van der Waals surface area contributed by atoms with Crippen LogP contribution in [0.15, 0.2) is 21.1 Å². The van der Waals surface area contributed by atoms with Gasteiger partial charge in [0.15, 0.2) is 6.29 Å². The number of halogens is 2. The molecule has 1 amide bonds. The molecule has 1 N–H and O–H groups in total. The summed E-state index contributed by atoms with van der Waals surface area (Å²) in [6.45, 7) is 0.0786. The van der Waals surface area contributed by atoms with Crippen LogP contribution in [0, 0.1) is 5.92 Å². The van der Waals surface area contributed by atoms with E-state index in [9.17, 15) is 14.4 Å². The van der Waals surface area contributed by atoms with Crippen LogP contribution in [0.3, 0.4) is 0 Å². The molecule has 1 aliphatic heterocycles. The maximum absolute atomic E-state index is 11.9. The first-order valence-electron chi connectivity index (χ1n) is 5.41. The molecule has 1 aromatic rings. The molecule has 19 heavy (non-hydrogen) atoms. The molecule has 0 radical (unpaired) electrons. The highest BCUT2D eigenvalue weighted by Gasteiger charge is 2.36. The summed E-state index contributed by atoms with van der Waals surface area (Å²) in [6.07, 6.45) is 0.600. The van der Waals surface area contributed by atoms with Gasteiger partial charge < -0.3 is 10.0 Å². The molecule has 1 heterocycles. The van der Waals surface area contributed by atoms with Gasteiger partial charge in [-0.3, -0.25) is 14.4 Å². The van der Waals surface area contributed by atoms with Gasteiger partial charge in [-0.05, 0) is 28.1 Å². The van der Waals surface area contributed by atoms with Crippen molar-refractivity contribution < 1.29 is 19.5 Å². The van der Waals surface area contributed by atoms with E-state index >= 15 is 0 Å². The number of nitrogens with zero attached hydrogens (tertiary/aromatic N) is 1. The number of carbonyl (C=O) groups excluding carboxylic acids is 2. The van der Waals surface area contributed by atoms with Crippen molar-refractivity contribution in [2.75, 3.05) is 11.4 Å². The minimum absolute atomic E-state index is 0.0455. The van der Waals surface area contributed by atoms with Gasteiger partial charge in [-0.1, -0.05) is 15.9 Å². The van der Waals surface area contributed by atoms with Gasteiger partial charge in [-0.2, -0.15) is 0 Å². The zero-order valence-corrected chi connectivity index (χ0v) is 12.8. The van der Waals surface area contributed by atoms with Gasteiger partial charge in [0, 0.05) is 27.5 Å². The molecule has 1 fully saturated rings. The second kappa shape index (κ2) is 5.42. The number of benzene rings is 1. The van der Waals surface area contributed by atoms with Crippen molar-refractivity contribution in [2.45, 2.75) is 6.42 Å². The molecule has 1 aliphatic rings.